The molecule has 0 atom stereocenters. The first-order valence-corrected chi connectivity index (χ1v) is 5.90. The van der Waals surface area contributed by atoms with E-state index in [4.69, 9.17) is 4.74 Å². The molecule has 1 saturated carbocycles. The van der Waals surface area contributed by atoms with Gasteiger partial charge in [-0.25, -0.2) is 0 Å². The third kappa shape index (κ3) is 2.42. The van der Waals surface area contributed by atoms with Crippen LogP contribution in [0.3, 0.4) is 0 Å². The van der Waals surface area contributed by atoms with Crippen molar-refractivity contribution in [3.63, 3.8) is 0 Å². The van der Waals surface area contributed by atoms with Crippen molar-refractivity contribution in [1.29, 1.82) is 0 Å². The second-order valence-corrected chi connectivity index (χ2v) is 4.76. The van der Waals surface area contributed by atoms with Crippen molar-refractivity contribution in [2.45, 2.75) is 51.4 Å². The Morgan fingerprint density at radius 1 is 1.44 bits per heavy atom. The molecule has 0 aliphatic heterocycles. The molecule has 1 aromatic rings. The lowest BCUT2D eigenvalue weighted by Gasteiger charge is -2.36. The zero-order valence-corrected chi connectivity index (χ0v) is 9.94. The molecular weight excluding hydrogens is 202 g/mol. The fraction of sp³-hybridized carbons (Fsp3) is 0.615. The molecule has 3 heteroatoms. The Kier molecular flexibility index (Phi) is 3.26. The molecule has 1 aliphatic carbocycles. The Morgan fingerprint density at radius 2 is 2.19 bits per heavy atom. The van der Waals surface area contributed by atoms with Crippen LogP contribution in [0.15, 0.2) is 18.2 Å². The minimum Gasteiger partial charge on any atom is -0.384 e. The van der Waals surface area contributed by atoms with Gasteiger partial charge in [-0.1, -0.05) is 6.07 Å². The monoisotopic (exact) mass is 221 g/mol. The number of hydrogen-bond acceptors (Lipinski definition) is 3. The fourth-order valence-electron chi connectivity index (χ4n) is 1.84. The smallest absolute Gasteiger partial charge is 0.106 e. The summed E-state index contributed by atoms with van der Waals surface area (Å²) in [5.41, 5.74) is 1.02. The van der Waals surface area contributed by atoms with Crippen LogP contribution in [-0.4, -0.2) is 16.2 Å². The summed E-state index contributed by atoms with van der Waals surface area (Å²) in [7, 11) is 0. The van der Waals surface area contributed by atoms with Crippen LogP contribution < -0.4 is 0 Å². The van der Waals surface area contributed by atoms with Gasteiger partial charge in [-0.05, 0) is 45.2 Å². The number of pyridine rings is 1. The van der Waals surface area contributed by atoms with Gasteiger partial charge < -0.3 is 9.84 Å². The summed E-state index contributed by atoms with van der Waals surface area (Å²) in [5.74, 6) is 0. The minimum absolute atomic E-state index is 0.206. The second kappa shape index (κ2) is 4.52. The van der Waals surface area contributed by atoms with Gasteiger partial charge in [0.2, 0.25) is 0 Å². The van der Waals surface area contributed by atoms with E-state index in [9.17, 15) is 5.11 Å². The maximum absolute atomic E-state index is 10.2. The van der Waals surface area contributed by atoms with Gasteiger partial charge in [0.15, 0.2) is 0 Å². The van der Waals surface area contributed by atoms with Gasteiger partial charge in [-0.3, -0.25) is 4.98 Å². The summed E-state index contributed by atoms with van der Waals surface area (Å²) in [4.78, 5) is 4.46. The van der Waals surface area contributed by atoms with Crippen molar-refractivity contribution in [2.75, 3.05) is 0 Å². The molecule has 16 heavy (non-hydrogen) atoms. The van der Waals surface area contributed by atoms with Crippen LogP contribution >= 0.6 is 0 Å². The van der Waals surface area contributed by atoms with Crippen molar-refractivity contribution in [3.8, 4) is 0 Å². The van der Waals surface area contributed by atoms with E-state index >= 15 is 0 Å². The van der Waals surface area contributed by atoms with E-state index in [1.807, 2.05) is 32.0 Å². The van der Waals surface area contributed by atoms with Crippen LogP contribution in [0.2, 0.25) is 0 Å². The Labute approximate surface area is 96.5 Å². The van der Waals surface area contributed by atoms with Crippen molar-refractivity contribution < 1.29 is 9.84 Å². The average molecular weight is 221 g/mol. The van der Waals surface area contributed by atoms with Gasteiger partial charge in [0.25, 0.3) is 0 Å². The zero-order chi connectivity index (χ0) is 11.6. The van der Waals surface area contributed by atoms with E-state index in [0.717, 1.165) is 30.7 Å². The van der Waals surface area contributed by atoms with Gasteiger partial charge in [0.1, 0.15) is 5.60 Å². The quantitative estimate of drug-likeness (QED) is 0.848. The molecule has 1 aromatic heterocycles. The predicted molar refractivity (Wildman–Crippen MR) is 61.9 cm³/mol. The van der Waals surface area contributed by atoms with E-state index in [1.165, 1.54) is 0 Å². The molecule has 0 bridgehead atoms. The number of aliphatic hydroxyl groups is 1. The Bertz CT molecular complexity index is 359. The van der Waals surface area contributed by atoms with Crippen LogP contribution in [0.5, 0.6) is 0 Å². The molecule has 1 aliphatic rings. The molecule has 1 heterocycles. The lowest BCUT2D eigenvalue weighted by Crippen LogP contribution is -2.34. The van der Waals surface area contributed by atoms with E-state index < -0.39 is 5.60 Å². The maximum atomic E-state index is 10.2. The highest BCUT2D eigenvalue weighted by Crippen LogP contribution is 2.39. The first kappa shape index (κ1) is 11.6. The molecule has 1 fully saturated rings. The highest BCUT2D eigenvalue weighted by atomic mass is 16.5. The van der Waals surface area contributed by atoms with Crippen LogP contribution in [0, 0.1) is 0 Å². The third-order valence-electron chi connectivity index (χ3n) is 3.03. The topological polar surface area (TPSA) is 42.4 Å². The van der Waals surface area contributed by atoms with Crippen LogP contribution in [0.4, 0.5) is 0 Å². The molecule has 0 radical (unpaired) electrons. The normalized spacial score (nSPS) is 18.5. The Morgan fingerprint density at radius 3 is 2.75 bits per heavy atom. The maximum Gasteiger partial charge on any atom is 0.106 e. The predicted octanol–water partition coefficient (Wildman–Crippen LogP) is 2.38. The number of rotatable bonds is 4. The van der Waals surface area contributed by atoms with Crippen molar-refractivity contribution in [1.82, 2.24) is 4.98 Å². The first-order chi connectivity index (χ1) is 7.60. The molecule has 0 aromatic carbocycles. The Balaban J connectivity index is 2.07. The number of ether oxygens (including phenoxy) is 1. The largest absolute Gasteiger partial charge is 0.384 e. The summed E-state index contributed by atoms with van der Waals surface area (Å²) in [6, 6.07) is 5.78. The van der Waals surface area contributed by atoms with E-state index in [2.05, 4.69) is 4.98 Å². The Hall–Kier alpha value is -0.930. The summed E-state index contributed by atoms with van der Waals surface area (Å²) >= 11 is 0. The van der Waals surface area contributed by atoms with E-state index in [0.29, 0.717) is 6.61 Å². The van der Waals surface area contributed by atoms with Crippen molar-refractivity contribution >= 4 is 0 Å². The fourth-order valence-corrected chi connectivity index (χ4v) is 1.84. The van der Waals surface area contributed by atoms with E-state index in [1.54, 1.807) is 0 Å². The summed E-state index contributed by atoms with van der Waals surface area (Å²) in [5, 5.41) is 10.2. The highest BCUT2D eigenvalue weighted by molar-refractivity contribution is 5.19. The number of aromatic nitrogens is 1. The minimum atomic E-state index is -0.673. The van der Waals surface area contributed by atoms with Crippen LogP contribution in [0.1, 0.15) is 44.5 Å². The van der Waals surface area contributed by atoms with Gasteiger partial charge in [0.05, 0.1) is 24.1 Å². The molecule has 0 saturated heterocycles. The number of hydrogen-bond donors (Lipinski definition) is 1. The second-order valence-electron chi connectivity index (χ2n) is 4.76. The molecule has 0 unspecified atom stereocenters. The van der Waals surface area contributed by atoms with Crippen molar-refractivity contribution in [2.24, 2.45) is 0 Å². The SMILES string of the molecule is CC(C)OCc1cccc(C2(O)CCC2)n1. The standard InChI is InChI=1S/C13H19NO2/c1-10(2)16-9-11-5-3-6-12(14-11)13(15)7-4-8-13/h3,5-6,10,15H,4,7-9H2,1-2H3. The molecule has 0 spiro atoms. The van der Waals surface area contributed by atoms with Gasteiger partial charge in [0, 0.05) is 0 Å². The lowest BCUT2D eigenvalue weighted by atomic mass is 9.77. The summed E-state index contributed by atoms with van der Waals surface area (Å²) < 4.78 is 5.50. The molecule has 88 valence electrons. The average Bonchev–Trinajstić information content (AvgIpc) is 2.23. The van der Waals surface area contributed by atoms with Gasteiger partial charge in [-0.15, -0.1) is 0 Å². The van der Waals surface area contributed by atoms with Crippen LogP contribution in [0.25, 0.3) is 0 Å². The van der Waals surface area contributed by atoms with Gasteiger partial charge >= 0.3 is 0 Å². The molecule has 2 rings (SSSR count). The molecule has 3 nitrogen and oxygen atoms in total. The summed E-state index contributed by atoms with van der Waals surface area (Å²) in [6.45, 7) is 4.52. The van der Waals surface area contributed by atoms with E-state index in [-0.39, 0.29) is 6.10 Å². The molecule has 0 amide bonds. The zero-order valence-electron chi connectivity index (χ0n) is 9.94. The molecule has 1 N–H and O–H groups in total. The van der Waals surface area contributed by atoms with Crippen molar-refractivity contribution in [3.05, 3.63) is 29.6 Å². The summed E-state index contributed by atoms with van der Waals surface area (Å²) in [6.07, 6.45) is 2.95. The molecular formula is C13H19NO2. The van der Waals surface area contributed by atoms with Crippen LogP contribution in [-0.2, 0) is 16.9 Å². The third-order valence-corrected chi connectivity index (χ3v) is 3.03. The lowest BCUT2D eigenvalue weighted by molar-refractivity contribution is -0.0431. The van der Waals surface area contributed by atoms with Gasteiger partial charge in [-0.2, -0.15) is 0 Å². The number of nitrogens with zero attached hydrogens (tertiary/aromatic N) is 1. The highest BCUT2D eigenvalue weighted by Gasteiger charge is 2.37. The first-order valence-electron chi connectivity index (χ1n) is 5.90.